The number of tetrazole rings is 1. The largest absolute Gasteiger partial charge is 0.494 e. The number of aromatic amines is 1. The van der Waals surface area contributed by atoms with Crippen LogP contribution in [0.1, 0.15) is 24.5 Å². The van der Waals surface area contributed by atoms with E-state index in [2.05, 4.69) is 36.1 Å². The summed E-state index contributed by atoms with van der Waals surface area (Å²) < 4.78 is 7.11. The van der Waals surface area contributed by atoms with Crippen LogP contribution >= 0.6 is 0 Å². The number of fused-ring (bicyclic) bond motifs is 1. The number of methoxy groups -OCH3 is 1. The Morgan fingerprint density at radius 3 is 2.61 bits per heavy atom. The third kappa shape index (κ3) is 3.91. The van der Waals surface area contributed by atoms with Crippen LogP contribution < -0.4 is 20.9 Å². The number of hydrogen-bond acceptors (Lipinski definition) is 9. The van der Waals surface area contributed by atoms with E-state index in [0.29, 0.717) is 57.1 Å². The molecule has 1 aliphatic rings. The summed E-state index contributed by atoms with van der Waals surface area (Å²) in [5.74, 6) is 2.73. The molecule has 6 rings (SSSR count). The van der Waals surface area contributed by atoms with Crippen molar-refractivity contribution in [2.45, 2.75) is 18.8 Å². The van der Waals surface area contributed by atoms with Crippen molar-refractivity contribution < 1.29 is 4.74 Å². The van der Waals surface area contributed by atoms with Crippen molar-refractivity contribution in [2.75, 3.05) is 17.7 Å². The van der Waals surface area contributed by atoms with Gasteiger partial charge < -0.3 is 15.4 Å². The minimum Gasteiger partial charge on any atom is -0.494 e. The normalized spacial score (nSPS) is 13.2. The molecule has 0 saturated heterocycles. The quantitative estimate of drug-likeness (QED) is 0.317. The number of aryl methyl sites for hydroxylation is 2. The van der Waals surface area contributed by atoms with E-state index in [0.717, 1.165) is 5.69 Å². The molecule has 4 heterocycles. The minimum atomic E-state index is -0.203. The standard InChI is InChI=1S/C24H24N10O2/c1-33-24(35)20-17(25-16-8-4-6-14(21(16)36-3)22-29-32-34(2)31-22)12-19(28-23(20)30-33)27-18-9-5-7-15(26-18)13-10-11-13/h4-9,12-13H,10-11H2,1-3H3,(H3,25,26,27,28,30). The number of nitrogens with one attached hydrogen (secondary N) is 3. The fourth-order valence-corrected chi connectivity index (χ4v) is 4.21. The van der Waals surface area contributed by atoms with E-state index >= 15 is 0 Å². The topological polar surface area (TPSA) is 140 Å². The molecule has 1 aromatic carbocycles. The van der Waals surface area contributed by atoms with Crippen molar-refractivity contribution in [1.82, 2.24) is 40.0 Å². The fourth-order valence-electron chi connectivity index (χ4n) is 4.21. The van der Waals surface area contributed by atoms with Crippen LogP contribution in [0.3, 0.4) is 0 Å². The zero-order valence-electron chi connectivity index (χ0n) is 20.0. The van der Waals surface area contributed by atoms with Gasteiger partial charge in [-0.25, -0.2) is 9.97 Å². The summed E-state index contributed by atoms with van der Waals surface area (Å²) >= 11 is 0. The Labute approximate surface area is 205 Å². The number of pyridine rings is 2. The molecule has 36 heavy (non-hydrogen) atoms. The number of anilines is 4. The highest BCUT2D eigenvalue weighted by Gasteiger charge is 2.25. The molecular weight excluding hydrogens is 460 g/mol. The minimum absolute atomic E-state index is 0.203. The van der Waals surface area contributed by atoms with Crippen LogP contribution in [-0.4, -0.2) is 47.1 Å². The number of rotatable bonds is 7. The molecule has 4 aromatic heterocycles. The predicted octanol–water partition coefficient (Wildman–Crippen LogP) is 3.22. The number of benzene rings is 1. The third-order valence-corrected chi connectivity index (χ3v) is 6.07. The SMILES string of the molecule is COc1c(Nc2cc(Nc3cccc(C4CC4)n3)nc3[nH]n(C)c(=O)c23)cccc1-c1nnn(C)n1. The van der Waals surface area contributed by atoms with Gasteiger partial charge >= 0.3 is 0 Å². The number of ether oxygens (including phenoxy) is 1. The Bertz CT molecular complexity index is 1650. The first-order valence-corrected chi connectivity index (χ1v) is 11.5. The highest BCUT2D eigenvalue weighted by Crippen LogP contribution is 2.40. The summed E-state index contributed by atoms with van der Waals surface area (Å²) in [5, 5.41) is 22.4. The lowest BCUT2D eigenvalue weighted by molar-refractivity contribution is 0.418. The monoisotopic (exact) mass is 484 g/mol. The van der Waals surface area contributed by atoms with Gasteiger partial charge in [0.1, 0.15) is 17.0 Å². The summed E-state index contributed by atoms with van der Waals surface area (Å²) in [6.07, 6.45) is 2.34. The van der Waals surface area contributed by atoms with Gasteiger partial charge in [0.05, 0.1) is 31.1 Å². The Morgan fingerprint density at radius 2 is 1.86 bits per heavy atom. The lowest BCUT2D eigenvalue weighted by atomic mass is 10.1. The molecule has 182 valence electrons. The molecule has 0 radical (unpaired) electrons. The van der Waals surface area contributed by atoms with Crippen LogP contribution in [0.2, 0.25) is 0 Å². The van der Waals surface area contributed by atoms with E-state index in [1.807, 2.05) is 36.4 Å². The number of hydrogen-bond donors (Lipinski definition) is 3. The second kappa shape index (κ2) is 8.48. The van der Waals surface area contributed by atoms with E-state index in [4.69, 9.17) is 9.72 Å². The number of aromatic nitrogens is 8. The lowest BCUT2D eigenvalue weighted by Gasteiger charge is -2.15. The van der Waals surface area contributed by atoms with Crippen molar-refractivity contribution in [1.29, 1.82) is 0 Å². The Morgan fingerprint density at radius 1 is 1.03 bits per heavy atom. The van der Waals surface area contributed by atoms with Gasteiger partial charge in [-0.3, -0.25) is 14.6 Å². The molecule has 3 N–H and O–H groups in total. The maximum atomic E-state index is 12.9. The average Bonchev–Trinajstić information content (AvgIpc) is 3.57. The molecule has 0 bridgehead atoms. The second-order valence-corrected chi connectivity index (χ2v) is 8.72. The first-order valence-electron chi connectivity index (χ1n) is 11.5. The molecule has 0 aliphatic heterocycles. The first-order chi connectivity index (χ1) is 17.5. The number of para-hydroxylation sites is 1. The average molecular weight is 485 g/mol. The van der Waals surface area contributed by atoms with Crippen LogP contribution in [0.15, 0.2) is 47.3 Å². The van der Waals surface area contributed by atoms with E-state index < -0.39 is 0 Å². The molecule has 12 nitrogen and oxygen atoms in total. The summed E-state index contributed by atoms with van der Waals surface area (Å²) in [5.41, 5.74) is 3.18. The van der Waals surface area contributed by atoms with Gasteiger partial charge in [0, 0.05) is 24.7 Å². The van der Waals surface area contributed by atoms with Gasteiger partial charge in [-0.15, -0.1) is 10.2 Å². The number of H-pyrrole nitrogens is 1. The van der Waals surface area contributed by atoms with E-state index in [-0.39, 0.29) is 5.56 Å². The molecule has 1 aliphatic carbocycles. The summed E-state index contributed by atoms with van der Waals surface area (Å²) in [6, 6.07) is 13.3. The van der Waals surface area contributed by atoms with Crippen molar-refractivity contribution in [2.24, 2.45) is 14.1 Å². The third-order valence-electron chi connectivity index (χ3n) is 6.07. The molecule has 1 saturated carbocycles. The fraction of sp³-hybridized carbons (Fsp3) is 0.250. The van der Waals surface area contributed by atoms with Gasteiger partial charge in [-0.2, -0.15) is 4.80 Å². The second-order valence-electron chi connectivity index (χ2n) is 8.72. The smallest absolute Gasteiger partial charge is 0.277 e. The highest BCUT2D eigenvalue weighted by molar-refractivity contribution is 5.94. The molecular formula is C24H24N10O2. The van der Waals surface area contributed by atoms with Crippen molar-refractivity contribution in [3.8, 4) is 17.1 Å². The van der Waals surface area contributed by atoms with E-state index in [1.54, 1.807) is 27.3 Å². The molecule has 0 spiro atoms. The van der Waals surface area contributed by atoms with Crippen LogP contribution in [0.25, 0.3) is 22.4 Å². The van der Waals surface area contributed by atoms with Gasteiger partial charge in [0.15, 0.2) is 11.4 Å². The molecule has 12 heteroatoms. The highest BCUT2D eigenvalue weighted by atomic mass is 16.5. The Hall–Kier alpha value is -4.74. The van der Waals surface area contributed by atoms with Crippen LogP contribution in [-0.2, 0) is 14.1 Å². The molecule has 0 unspecified atom stereocenters. The molecule has 1 fully saturated rings. The zero-order chi connectivity index (χ0) is 24.8. The van der Waals surface area contributed by atoms with Crippen LogP contribution in [0.5, 0.6) is 5.75 Å². The van der Waals surface area contributed by atoms with Crippen molar-refractivity contribution >= 4 is 34.0 Å². The molecule has 0 atom stereocenters. The zero-order valence-corrected chi connectivity index (χ0v) is 20.0. The summed E-state index contributed by atoms with van der Waals surface area (Å²) in [6.45, 7) is 0. The Balaban J connectivity index is 1.42. The maximum absolute atomic E-state index is 12.9. The molecule has 5 aromatic rings. The summed E-state index contributed by atoms with van der Waals surface area (Å²) in [4.78, 5) is 23.7. The number of nitrogens with zero attached hydrogens (tertiary/aromatic N) is 7. The van der Waals surface area contributed by atoms with Crippen LogP contribution in [0.4, 0.5) is 23.0 Å². The predicted molar refractivity (Wildman–Crippen MR) is 135 cm³/mol. The van der Waals surface area contributed by atoms with Crippen molar-refractivity contribution in [3.05, 3.63) is 58.5 Å². The summed E-state index contributed by atoms with van der Waals surface area (Å²) in [7, 11) is 4.93. The van der Waals surface area contributed by atoms with E-state index in [9.17, 15) is 4.79 Å². The van der Waals surface area contributed by atoms with Gasteiger partial charge in [-0.05, 0) is 42.3 Å². The maximum Gasteiger partial charge on any atom is 0.277 e. The van der Waals surface area contributed by atoms with Gasteiger partial charge in [-0.1, -0.05) is 12.1 Å². The van der Waals surface area contributed by atoms with E-state index in [1.165, 1.54) is 22.3 Å². The Kier molecular flexibility index (Phi) is 5.13. The van der Waals surface area contributed by atoms with Crippen LogP contribution in [0, 0.1) is 0 Å². The molecule has 0 amide bonds. The van der Waals surface area contributed by atoms with Crippen molar-refractivity contribution in [3.63, 3.8) is 0 Å². The van der Waals surface area contributed by atoms with Gasteiger partial charge in [0.25, 0.3) is 5.56 Å². The van der Waals surface area contributed by atoms with Gasteiger partial charge in [0.2, 0.25) is 5.82 Å². The lowest BCUT2D eigenvalue weighted by Crippen LogP contribution is -2.12. The first kappa shape index (κ1) is 21.8.